The molecule has 92 valence electrons. The van der Waals surface area contributed by atoms with Crippen LogP contribution in [0.1, 0.15) is 31.6 Å². The Balaban J connectivity index is 2.36. The van der Waals surface area contributed by atoms with Crippen molar-refractivity contribution in [3.05, 3.63) is 22.4 Å². The van der Waals surface area contributed by atoms with E-state index >= 15 is 0 Å². The lowest BCUT2D eigenvalue weighted by molar-refractivity contribution is 0.0576. The molecule has 0 saturated carbocycles. The van der Waals surface area contributed by atoms with Crippen LogP contribution in [0.15, 0.2) is 17.5 Å². The van der Waals surface area contributed by atoms with Crippen LogP contribution in [0.3, 0.4) is 0 Å². The average Bonchev–Trinajstić information content (AvgIpc) is 2.77. The summed E-state index contributed by atoms with van der Waals surface area (Å²) in [6.07, 6.45) is 1.73. The van der Waals surface area contributed by atoms with Gasteiger partial charge in [-0.2, -0.15) is 0 Å². The molecule has 0 aliphatic rings. The molecule has 0 aromatic carbocycles. The predicted molar refractivity (Wildman–Crippen MR) is 67.7 cm³/mol. The molecule has 2 unspecified atom stereocenters. The largest absolute Gasteiger partial charge is 0.396 e. The molecular weight excluding hydrogens is 222 g/mol. The predicted octanol–water partition coefficient (Wildman–Crippen LogP) is 1.71. The quantitative estimate of drug-likeness (QED) is 0.683. The molecule has 0 radical (unpaired) electrons. The van der Waals surface area contributed by atoms with Crippen molar-refractivity contribution in [2.75, 3.05) is 13.2 Å². The zero-order valence-electron chi connectivity index (χ0n) is 9.94. The molecule has 0 fully saturated rings. The van der Waals surface area contributed by atoms with Gasteiger partial charge in [0.15, 0.2) is 0 Å². The highest BCUT2D eigenvalue weighted by atomic mass is 32.1. The van der Waals surface area contributed by atoms with Crippen LogP contribution in [-0.2, 0) is 5.60 Å². The van der Waals surface area contributed by atoms with Gasteiger partial charge in [0.25, 0.3) is 0 Å². The molecule has 1 rings (SSSR count). The first-order valence-electron chi connectivity index (χ1n) is 5.67. The SMILES string of the molecule is CC(CCCO)NCC(C)(O)c1cccs1. The fourth-order valence-electron chi connectivity index (χ4n) is 1.54. The summed E-state index contributed by atoms with van der Waals surface area (Å²) in [7, 11) is 0. The number of thiophene rings is 1. The molecule has 3 nitrogen and oxygen atoms in total. The van der Waals surface area contributed by atoms with E-state index in [-0.39, 0.29) is 6.61 Å². The second-order valence-electron chi connectivity index (χ2n) is 4.40. The maximum absolute atomic E-state index is 10.2. The van der Waals surface area contributed by atoms with E-state index < -0.39 is 5.60 Å². The van der Waals surface area contributed by atoms with Gasteiger partial charge in [-0.3, -0.25) is 0 Å². The molecule has 2 atom stereocenters. The van der Waals surface area contributed by atoms with Gasteiger partial charge in [-0.25, -0.2) is 0 Å². The first kappa shape index (κ1) is 13.6. The molecule has 0 spiro atoms. The average molecular weight is 243 g/mol. The lowest BCUT2D eigenvalue weighted by atomic mass is 10.0. The van der Waals surface area contributed by atoms with Crippen molar-refractivity contribution in [1.29, 1.82) is 0 Å². The van der Waals surface area contributed by atoms with Crippen molar-refractivity contribution in [2.45, 2.75) is 38.3 Å². The summed E-state index contributed by atoms with van der Waals surface area (Å²) in [5.74, 6) is 0. The van der Waals surface area contributed by atoms with Crippen molar-refractivity contribution in [2.24, 2.45) is 0 Å². The Bertz CT molecular complexity index is 285. The van der Waals surface area contributed by atoms with E-state index in [2.05, 4.69) is 12.2 Å². The summed E-state index contributed by atoms with van der Waals surface area (Å²) in [6, 6.07) is 4.22. The van der Waals surface area contributed by atoms with Gasteiger partial charge in [0.1, 0.15) is 5.60 Å². The fourth-order valence-corrected chi connectivity index (χ4v) is 2.33. The molecule has 0 aliphatic carbocycles. The van der Waals surface area contributed by atoms with Crippen LogP contribution in [-0.4, -0.2) is 29.4 Å². The first-order valence-corrected chi connectivity index (χ1v) is 6.55. The molecule has 4 heteroatoms. The molecule has 1 aromatic rings. The highest BCUT2D eigenvalue weighted by Crippen LogP contribution is 2.24. The van der Waals surface area contributed by atoms with Crippen molar-refractivity contribution in [1.82, 2.24) is 5.32 Å². The van der Waals surface area contributed by atoms with Crippen molar-refractivity contribution >= 4 is 11.3 Å². The zero-order chi connectivity index (χ0) is 12.0. The standard InChI is InChI=1S/C12H21NO2S/c1-10(5-3-7-14)13-9-12(2,15)11-6-4-8-16-11/h4,6,8,10,13-15H,3,5,7,9H2,1-2H3. The van der Waals surface area contributed by atoms with Gasteiger partial charge in [0.2, 0.25) is 0 Å². The highest BCUT2D eigenvalue weighted by Gasteiger charge is 2.24. The van der Waals surface area contributed by atoms with E-state index in [0.29, 0.717) is 12.6 Å². The normalized spacial score (nSPS) is 17.0. The lowest BCUT2D eigenvalue weighted by Gasteiger charge is -2.25. The minimum absolute atomic E-state index is 0.230. The number of hydrogen-bond donors (Lipinski definition) is 3. The summed E-state index contributed by atoms with van der Waals surface area (Å²) < 4.78 is 0. The number of aliphatic hydroxyl groups is 2. The zero-order valence-corrected chi connectivity index (χ0v) is 10.8. The monoisotopic (exact) mass is 243 g/mol. The Morgan fingerprint density at radius 3 is 2.88 bits per heavy atom. The Morgan fingerprint density at radius 2 is 2.31 bits per heavy atom. The molecule has 0 bridgehead atoms. The second kappa shape index (κ2) is 6.35. The number of aliphatic hydroxyl groups excluding tert-OH is 1. The van der Waals surface area contributed by atoms with E-state index in [1.807, 2.05) is 24.4 Å². The topological polar surface area (TPSA) is 52.5 Å². The van der Waals surface area contributed by atoms with E-state index in [1.165, 1.54) is 0 Å². The van der Waals surface area contributed by atoms with Crippen LogP contribution in [0.4, 0.5) is 0 Å². The van der Waals surface area contributed by atoms with E-state index in [4.69, 9.17) is 5.11 Å². The van der Waals surface area contributed by atoms with Crippen LogP contribution < -0.4 is 5.32 Å². The lowest BCUT2D eigenvalue weighted by Crippen LogP contribution is -2.39. The van der Waals surface area contributed by atoms with Gasteiger partial charge in [-0.1, -0.05) is 6.07 Å². The second-order valence-corrected chi connectivity index (χ2v) is 5.35. The first-order chi connectivity index (χ1) is 7.56. The van der Waals surface area contributed by atoms with E-state index in [0.717, 1.165) is 17.7 Å². The summed E-state index contributed by atoms with van der Waals surface area (Å²) in [4.78, 5) is 0.981. The maximum Gasteiger partial charge on any atom is 0.108 e. The smallest absolute Gasteiger partial charge is 0.108 e. The van der Waals surface area contributed by atoms with Crippen LogP contribution in [0.25, 0.3) is 0 Å². The van der Waals surface area contributed by atoms with Crippen LogP contribution in [0, 0.1) is 0 Å². The molecule has 3 N–H and O–H groups in total. The van der Waals surface area contributed by atoms with Gasteiger partial charge in [-0.05, 0) is 38.1 Å². The van der Waals surface area contributed by atoms with Crippen molar-refractivity contribution in [3.63, 3.8) is 0 Å². The molecule has 1 aromatic heterocycles. The summed E-state index contributed by atoms with van der Waals surface area (Å²) in [6.45, 7) is 4.66. The van der Waals surface area contributed by atoms with E-state index in [1.54, 1.807) is 11.3 Å². The Kier molecular flexibility index (Phi) is 5.41. The third-order valence-electron chi connectivity index (χ3n) is 2.64. The molecular formula is C12H21NO2S. The summed E-state index contributed by atoms with van der Waals surface area (Å²) >= 11 is 1.57. The van der Waals surface area contributed by atoms with Crippen molar-refractivity contribution in [3.8, 4) is 0 Å². The minimum Gasteiger partial charge on any atom is -0.396 e. The molecule has 0 saturated heterocycles. The van der Waals surface area contributed by atoms with Gasteiger partial charge in [-0.15, -0.1) is 11.3 Å². The summed E-state index contributed by atoms with van der Waals surface area (Å²) in [5.41, 5.74) is -0.804. The van der Waals surface area contributed by atoms with Gasteiger partial charge >= 0.3 is 0 Å². The Morgan fingerprint density at radius 1 is 1.56 bits per heavy atom. The number of hydrogen-bond acceptors (Lipinski definition) is 4. The van der Waals surface area contributed by atoms with Crippen molar-refractivity contribution < 1.29 is 10.2 Å². The van der Waals surface area contributed by atoms with Gasteiger partial charge in [0, 0.05) is 24.1 Å². The van der Waals surface area contributed by atoms with Crippen LogP contribution in [0.5, 0.6) is 0 Å². The molecule has 16 heavy (non-hydrogen) atoms. The van der Waals surface area contributed by atoms with Gasteiger partial charge in [0.05, 0.1) is 0 Å². The van der Waals surface area contributed by atoms with Crippen LogP contribution >= 0.6 is 11.3 Å². The van der Waals surface area contributed by atoms with E-state index in [9.17, 15) is 5.11 Å². The highest BCUT2D eigenvalue weighted by molar-refractivity contribution is 7.10. The maximum atomic E-state index is 10.2. The summed E-state index contributed by atoms with van der Waals surface area (Å²) in [5, 5.41) is 24.2. The fraction of sp³-hybridized carbons (Fsp3) is 0.667. The molecule has 0 aliphatic heterocycles. The van der Waals surface area contributed by atoms with Gasteiger partial charge < -0.3 is 15.5 Å². The van der Waals surface area contributed by atoms with Crippen LogP contribution in [0.2, 0.25) is 0 Å². The third-order valence-corrected chi connectivity index (χ3v) is 3.76. The molecule has 1 heterocycles. The Hall–Kier alpha value is -0.420. The third kappa shape index (κ3) is 4.22. The number of nitrogens with one attached hydrogen (secondary N) is 1. The Labute approximate surface area is 101 Å². The number of rotatable bonds is 7. The molecule has 0 amide bonds. The minimum atomic E-state index is -0.804.